The molecule has 0 radical (unpaired) electrons. The van der Waals surface area contributed by atoms with Crippen LogP contribution in [0.2, 0.25) is 0 Å². The predicted molar refractivity (Wildman–Crippen MR) is 118 cm³/mol. The minimum atomic E-state index is -4.38. The largest absolute Gasteiger partial charge is 0.416 e. The Morgan fingerprint density at radius 3 is 2.47 bits per heavy atom. The van der Waals surface area contributed by atoms with Crippen molar-refractivity contribution >= 4 is 32.7 Å². The summed E-state index contributed by atoms with van der Waals surface area (Å²) in [5.74, 6) is -0.256. The lowest BCUT2D eigenvalue weighted by molar-refractivity contribution is -0.137. The molecule has 1 amide bonds. The second-order valence-electron chi connectivity index (χ2n) is 7.31. The zero-order valence-corrected chi connectivity index (χ0v) is 18.2. The van der Waals surface area contributed by atoms with Crippen molar-refractivity contribution in [1.82, 2.24) is 20.1 Å². The highest BCUT2D eigenvalue weighted by Crippen LogP contribution is 2.32. The molecule has 0 saturated carbocycles. The Balaban J connectivity index is 1.41. The van der Waals surface area contributed by atoms with Crippen LogP contribution in [0.1, 0.15) is 16.8 Å². The van der Waals surface area contributed by atoms with E-state index in [1.807, 2.05) is 37.3 Å². The Morgan fingerprint density at radius 2 is 1.81 bits per heavy atom. The van der Waals surface area contributed by atoms with E-state index in [0.29, 0.717) is 10.7 Å². The fourth-order valence-corrected chi connectivity index (χ4v) is 4.13. The van der Waals surface area contributed by atoms with Gasteiger partial charge in [-0.2, -0.15) is 23.3 Å². The molecule has 0 atom stereocenters. The normalized spacial score (nSPS) is 11.7. The first-order chi connectivity index (χ1) is 15.2. The maximum atomic E-state index is 12.7. The average molecular weight is 459 g/mol. The number of alkyl halides is 3. The minimum Gasteiger partial charge on any atom is -0.350 e. The Labute approximate surface area is 186 Å². The van der Waals surface area contributed by atoms with E-state index < -0.39 is 11.7 Å². The van der Waals surface area contributed by atoms with Gasteiger partial charge in [0, 0.05) is 13.6 Å². The smallest absolute Gasteiger partial charge is 0.350 e. The van der Waals surface area contributed by atoms with Crippen LogP contribution in [-0.4, -0.2) is 34.3 Å². The Bertz CT molecular complexity index is 1230. The van der Waals surface area contributed by atoms with Crippen LogP contribution in [0.15, 0.2) is 54.6 Å². The Morgan fingerprint density at radius 1 is 1.12 bits per heavy atom. The number of rotatable bonds is 6. The molecule has 10 heteroatoms. The van der Waals surface area contributed by atoms with Gasteiger partial charge in [-0.1, -0.05) is 41.7 Å². The summed E-state index contributed by atoms with van der Waals surface area (Å²) in [6.07, 6.45) is -4.38. The third-order valence-electron chi connectivity index (χ3n) is 4.86. The molecular formula is C22H20F3N5OS. The summed E-state index contributed by atoms with van der Waals surface area (Å²) in [4.78, 5) is 18.8. The molecule has 0 aliphatic heterocycles. The van der Waals surface area contributed by atoms with Crippen LogP contribution in [0.5, 0.6) is 0 Å². The number of nitrogens with one attached hydrogen (secondary N) is 1. The van der Waals surface area contributed by atoms with E-state index in [1.165, 1.54) is 23.5 Å². The van der Waals surface area contributed by atoms with Crippen molar-refractivity contribution in [2.24, 2.45) is 0 Å². The summed E-state index contributed by atoms with van der Waals surface area (Å²) in [7, 11) is 1.77. The van der Waals surface area contributed by atoms with Gasteiger partial charge >= 0.3 is 6.18 Å². The Hall–Kier alpha value is -3.40. The fourth-order valence-electron chi connectivity index (χ4n) is 3.19. The molecule has 0 fully saturated rings. The lowest BCUT2D eigenvalue weighted by atomic mass is 10.1. The van der Waals surface area contributed by atoms with Crippen LogP contribution in [0.3, 0.4) is 0 Å². The average Bonchev–Trinajstić information content (AvgIpc) is 3.33. The predicted octanol–water partition coefficient (Wildman–Crippen LogP) is 4.56. The van der Waals surface area contributed by atoms with Crippen molar-refractivity contribution in [3.63, 3.8) is 0 Å². The van der Waals surface area contributed by atoms with E-state index in [9.17, 15) is 18.0 Å². The monoisotopic (exact) mass is 459 g/mol. The first-order valence-corrected chi connectivity index (χ1v) is 10.6. The molecule has 2 heterocycles. The van der Waals surface area contributed by atoms with Gasteiger partial charge in [0.1, 0.15) is 0 Å². The van der Waals surface area contributed by atoms with E-state index in [4.69, 9.17) is 0 Å². The van der Waals surface area contributed by atoms with Gasteiger partial charge in [-0.05, 0) is 36.8 Å². The quantitative estimate of drug-likeness (QED) is 0.459. The maximum absolute atomic E-state index is 12.7. The highest BCUT2D eigenvalue weighted by molar-refractivity contribution is 7.22. The van der Waals surface area contributed by atoms with E-state index >= 15 is 0 Å². The van der Waals surface area contributed by atoms with E-state index in [0.717, 1.165) is 33.9 Å². The number of aromatic nitrogens is 3. The summed E-state index contributed by atoms with van der Waals surface area (Å²) in [5.41, 5.74) is 2.36. The third-order valence-corrected chi connectivity index (χ3v) is 6.12. The summed E-state index contributed by atoms with van der Waals surface area (Å²) >= 11 is 1.45. The van der Waals surface area contributed by atoms with Gasteiger partial charge in [0.05, 0.1) is 28.2 Å². The summed E-state index contributed by atoms with van der Waals surface area (Å²) in [5, 5.41) is 7.97. The third kappa shape index (κ3) is 4.59. The highest BCUT2D eigenvalue weighted by Gasteiger charge is 2.29. The van der Waals surface area contributed by atoms with Gasteiger partial charge in [0.15, 0.2) is 10.8 Å². The molecule has 2 aromatic heterocycles. The molecule has 32 heavy (non-hydrogen) atoms. The van der Waals surface area contributed by atoms with Gasteiger partial charge in [-0.3, -0.25) is 4.79 Å². The summed E-state index contributed by atoms with van der Waals surface area (Å²) < 4.78 is 40.7. The van der Waals surface area contributed by atoms with Crippen molar-refractivity contribution in [2.45, 2.75) is 19.6 Å². The SMILES string of the molecule is Cc1nn(-c2ccccc2)c2nc(N(C)CC(=O)NCc3ccc(C(F)(F)F)cc3)sc12. The molecule has 0 spiro atoms. The lowest BCUT2D eigenvalue weighted by Crippen LogP contribution is -2.34. The van der Waals surface area contributed by atoms with Crippen LogP contribution in [-0.2, 0) is 17.5 Å². The summed E-state index contributed by atoms with van der Waals surface area (Å²) in [6.45, 7) is 2.13. The summed E-state index contributed by atoms with van der Waals surface area (Å²) in [6, 6.07) is 14.4. The molecule has 6 nitrogen and oxygen atoms in total. The molecule has 0 aliphatic rings. The number of hydrogen-bond donors (Lipinski definition) is 1. The Kier molecular flexibility index (Phi) is 5.88. The van der Waals surface area contributed by atoms with Crippen molar-refractivity contribution in [3.8, 4) is 5.69 Å². The first-order valence-electron chi connectivity index (χ1n) is 9.78. The van der Waals surface area contributed by atoms with Crippen LogP contribution in [0.25, 0.3) is 16.0 Å². The number of fused-ring (bicyclic) bond motifs is 1. The van der Waals surface area contributed by atoms with E-state index in [-0.39, 0.29) is 19.0 Å². The van der Waals surface area contributed by atoms with Crippen molar-refractivity contribution < 1.29 is 18.0 Å². The molecule has 0 aliphatic carbocycles. The van der Waals surface area contributed by atoms with Gasteiger partial charge in [0.25, 0.3) is 0 Å². The molecule has 4 aromatic rings. The van der Waals surface area contributed by atoms with Gasteiger partial charge in [-0.25, -0.2) is 4.68 Å². The van der Waals surface area contributed by atoms with Gasteiger partial charge < -0.3 is 10.2 Å². The molecular weight excluding hydrogens is 439 g/mol. The number of para-hydroxylation sites is 1. The number of carbonyl (C=O) groups is 1. The first kappa shape index (κ1) is 21.8. The van der Waals surface area contributed by atoms with Crippen molar-refractivity contribution in [3.05, 3.63) is 71.4 Å². The lowest BCUT2D eigenvalue weighted by Gasteiger charge is -2.15. The maximum Gasteiger partial charge on any atom is 0.416 e. The second-order valence-corrected chi connectivity index (χ2v) is 8.29. The number of benzene rings is 2. The molecule has 4 rings (SSSR count). The number of thiazole rings is 1. The molecule has 0 bridgehead atoms. The van der Waals surface area contributed by atoms with Crippen LogP contribution in [0.4, 0.5) is 18.3 Å². The second kappa shape index (κ2) is 8.62. The zero-order chi connectivity index (χ0) is 22.9. The van der Waals surface area contributed by atoms with Gasteiger partial charge in [0.2, 0.25) is 5.91 Å². The zero-order valence-electron chi connectivity index (χ0n) is 17.3. The highest BCUT2D eigenvalue weighted by atomic mass is 32.1. The standard InChI is InChI=1S/C22H20F3N5OS/c1-14-19-20(30(28-14)17-6-4-3-5-7-17)27-21(32-19)29(2)13-18(31)26-12-15-8-10-16(11-9-15)22(23,24)25/h3-11H,12-13H2,1-2H3,(H,26,31). The number of nitrogens with zero attached hydrogens (tertiary/aromatic N) is 4. The molecule has 0 saturated heterocycles. The molecule has 0 unspecified atom stereocenters. The fraction of sp³-hybridized carbons (Fsp3) is 0.227. The number of hydrogen-bond acceptors (Lipinski definition) is 5. The van der Waals surface area contributed by atoms with Crippen LogP contribution in [0, 0.1) is 6.92 Å². The molecule has 2 aromatic carbocycles. The van der Waals surface area contributed by atoms with Crippen LogP contribution < -0.4 is 10.2 Å². The van der Waals surface area contributed by atoms with Crippen molar-refractivity contribution in [1.29, 1.82) is 0 Å². The molecule has 1 N–H and O–H groups in total. The number of likely N-dealkylation sites (N-methyl/N-ethyl adjacent to an activating group) is 1. The topological polar surface area (TPSA) is 63.1 Å². The molecule has 166 valence electrons. The van der Waals surface area contributed by atoms with Crippen molar-refractivity contribution in [2.75, 3.05) is 18.5 Å². The van der Waals surface area contributed by atoms with Gasteiger partial charge in [-0.15, -0.1) is 0 Å². The van der Waals surface area contributed by atoms with E-state index in [1.54, 1.807) is 16.6 Å². The minimum absolute atomic E-state index is 0.0640. The number of amides is 1. The number of carbonyl (C=O) groups excluding carboxylic acids is 1. The number of anilines is 1. The number of halogens is 3. The van der Waals surface area contributed by atoms with E-state index in [2.05, 4.69) is 15.4 Å². The van der Waals surface area contributed by atoms with Crippen LogP contribution >= 0.6 is 11.3 Å². The number of aryl methyl sites for hydroxylation is 1.